The van der Waals surface area contributed by atoms with E-state index in [0.29, 0.717) is 6.04 Å². The first-order chi connectivity index (χ1) is 5.56. The lowest BCUT2D eigenvalue weighted by Gasteiger charge is -2.20. The molecule has 0 saturated heterocycles. The summed E-state index contributed by atoms with van der Waals surface area (Å²) in [6, 6.07) is 0.509. The van der Waals surface area contributed by atoms with E-state index in [1.807, 2.05) is 0 Å². The van der Waals surface area contributed by atoms with Crippen LogP contribution in [0.1, 0.15) is 40.5 Å². The van der Waals surface area contributed by atoms with Gasteiger partial charge in [-0.15, -0.1) is 0 Å². The SMILES string of the molecule is CONC(CC(C)C)CC(C)C. The summed E-state index contributed by atoms with van der Waals surface area (Å²) in [4.78, 5) is 4.96. The highest BCUT2D eigenvalue weighted by Crippen LogP contribution is 2.12. The number of rotatable bonds is 6. The van der Waals surface area contributed by atoms with Gasteiger partial charge in [0, 0.05) is 6.04 Å². The van der Waals surface area contributed by atoms with Crippen LogP contribution in [0, 0.1) is 11.8 Å². The fourth-order valence-electron chi connectivity index (χ4n) is 1.50. The highest BCUT2D eigenvalue weighted by Gasteiger charge is 2.11. The normalized spacial score (nSPS) is 12.0. The molecule has 0 radical (unpaired) electrons. The second kappa shape index (κ2) is 6.44. The molecule has 0 aliphatic carbocycles. The molecule has 2 nitrogen and oxygen atoms in total. The molecule has 0 bridgehead atoms. The number of hydrogen-bond acceptors (Lipinski definition) is 2. The lowest BCUT2D eigenvalue weighted by Crippen LogP contribution is -2.30. The van der Waals surface area contributed by atoms with Crippen LogP contribution >= 0.6 is 0 Å². The van der Waals surface area contributed by atoms with Crippen molar-refractivity contribution < 1.29 is 4.84 Å². The third-order valence-electron chi connectivity index (χ3n) is 1.80. The Bertz CT molecular complexity index is 92.0. The Labute approximate surface area is 76.6 Å². The molecular weight excluding hydrogens is 150 g/mol. The molecule has 12 heavy (non-hydrogen) atoms. The van der Waals surface area contributed by atoms with Crippen LogP contribution in [0.25, 0.3) is 0 Å². The van der Waals surface area contributed by atoms with Crippen LogP contribution < -0.4 is 5.48 Å². The van der Waals surface area contributed by atoms with Gasteiger partial charge in [-0.25, -0.2) is 0 Å². The van der Waals surface area contributed by atoms with Crippen molar-refractivity contribution in [2.24, 2.45) is 11.8 Å². The fraction of sp³-hybridized carbons (Fsp3) is 1.00. The summed E-state index contributed by atoms with van der Waals surface area (Å²) in [6.07, 6.45) is 2.37. The molecule has 0 fully saturated rings. The van der Waals surface area contributed by atoms with Gasteiger partial charge >= 0.3 is 0 Å². The van der Waals surface area contributed by atoms with Gasteiger partial charge in [-0.1, -0.05) is 27.7 Å². The van der Waals surface area contributed by atoms with Gasteiger partial charge in [0.15, 0.2) is 0 Å². The molecule has 0 amide bonds. The van der Waals surface area contributed by atoms with Crippen molar-refractivity contribution in [2.45, 2.75) is 46.6 Å². The zero-order chi connectivity index (χ0) is 9.56. The van der Waals surface area contributed by atoms with E-state index >= 15 is 0 Å². The lowest BCUT2D eigenvalue weighted by atomic mass is 9.96. The maximum absolute atomic E-state index is 4.96. The molecule has 0 spiro atoms. The lowest BCUT2D eigenvalue weighted by molar-refractivity contribution is 0.0475. The van der Waals surface area contributed by atoms with E-state index < -0.39 is 0 Å². The Morgan fingerprint density at radius 1 is 1.00 bits per heavy atom. The average molecular weight is 173 g/mol. The van der Waals surface area contributed by atoms with Gasteiger partial charge in [0.2, 0.25) is 0 Å². The number of nitrogens with one attached hydrogen (secondary N) is 1. The summed E-state index contributed by atoms with van der Waals surface area (Å²) in [6.45, 7) is 8.96. The van der Waals surface area contributed by atoms with Gasteiger partial charge in [-0.3, -0.25) is 0 Å². The molecule has 0 aromatic heterocycles. The second-order valence-electron chi connectivity index (χ2n) is 4.28. The summed E-state index contributed by atoms with van der Waals surface area (Å²) in [5, 5.41) is 0. The highest BCUT2D eigenvalue weighted by molar-refractivity contribution is 4.66. The Balaban J connectivity index is 3.69. The summed E-state index contributed by atoms with van der Waals surface area (Å²) in [5.74, 6) is 1.47. The topological polar surface area (TPSA) is 21.3 Å². The van der Waals surface area contributed by atoms with Crippen LogP contribution in [-0.2, 0) is 4.84 Å². The third kappa shape index (κ3) is 6.62. The number of hydrogen-bond donors (Lipinski definition) is 1. The van der Waals surface area contributed by atoms with Crippen molar-refractivity contribution in [2.75, 3.05) is 7.11 Å². The molecule has 2 heteroatoms. The van der Waals surface area contributed by atoms with Crippen LogP contribution in [0.4, 0.5) is 0 Å². The van der Waals surface area contributed by atoms with E-state index in [4.69, 9.17) is 4.84 Å². The van der Waals surface area contributed by atoms with Crippen LogP contribution in [0.3, 0.4) is 0 Å². The van der Waals surface area contributed by atoms with Gasteiger partial charge < -0.3 is 4.84 Å². The van der Waals surface area contributed by atoms with Crippen molar-refractivity contribution >= 4 is 0 Å². The molecule has 0 unspecified atom stereocenters. The van der Waals surface area contributed by atoms with E-state index in [-0.39, 0.29) is 0 Å². The third-order valence-corrected chi connectivity index (χ3v) is 1.80. The molecular formula is C10H23NO. The summed E-state index contributed by atoms with van der Waals surface area (Å²) in [7, 11) is 1.69. The van der Waals surface area contributed by atoms with Gasteiger partial charge in [0.25, 0.3) is 0 Å². The summed E-state index contributed by atoms with van der Waals surface area (Å²) in [5.41, 5.74) is 3.05. The van der Waals surface area contributed by atoms with Gasteiger partial charge in [-0.05, 0) is 24.7 Å². The second-order valence-corrected chi connectivity index (χ2v) is 4.28. The van der Waals surface area contributed by atoms with Gasteiger partial charge in [0.05, 0.1) is 7.11 Å². The van der Waals surface area contributed by atoms with Crippen molar-refractivity contribution in [3.8, 4) is 0 Å². The van der Waals surface area contributed by atoms with Crippen LogP contribution in [0.5, 0.6) is 0 Å². The van der Waals surface area contributed by atoms with Crippen LogP contribution in [0.2, 0.25) is 0 Å². The first kappa shape index (κ1) is 11.9. The maximum Gasteiger partial charge on any atom is 0.0572 e. The molecule has 0 aliphatic rings. The van der Waals surface area contributed by atoms with Crippen LogP contribution in [-0.4, -0.2) is 13.2 Å². The quantitative estimate of drug-likeness (QED) is 0.623. The zero-order valence-electron chi connectivity index (χ0n) is 9.05. The van der Waals surface area contributed by atoms with Gasteiger partial charge in [0.1, 0.15) is 0 Å². The van der Waals surface area contributed by atoms with E-state index in [1.54, 1.807) is 7.11 Å². The van der Waals surface area contributed by atoms with E-state index in [1.165, 1.54) is 12.8 Å². The average Bonchev–Trinajstić information content (AvgIpc) is 1.84. The first-order valence-electron chi connectivity index (χ1n) is 4.84. The molecule has 0 rings (SSSR count). The molecule has 0 aromatic carbocycles. The van der Waals surface area contributed by atoms with Crippen molar-refractivity contribution in [3.05, 3.63) is 0 Å². The fourth-order valence-corrected chi connectivity index (χ4v) is 1.50. The molecule has 0 aliphatic heterocycles. The maximum atomic E-state index is 4.96. The van der Waals surface area contributed by atoms with E-state index in [2.05, 4.69) is 33.2 Å². The monoisotopic (exact) mass is 173 g/mol. The van der Waals surface area contributed by atoms with Crippen LogP contribution in [0.15, 0.2) is 0 Å². The Morgan fingerprint density at radius 3 is 1.67 bits per heavy atom. The minimum absolute atomic E-state index is 0.509. The number of hydroxylamine groups is 1. The van der Waals surface area contributed by atoms with Gasteiger partial charge in [-0.2, -0.15) is 5.48 Å². The van der Waals surface area contributed by atoms with Crippen molar-refractivity contribution in [1.29, 1.82) is 0 Å². The largest absolute Gasteiger partial charge is 0.305 e. The predicted molar refractivity (Wildman–Crippen MR) is 52.8 cm³/mol. The Hall–Kier alpha value is -0.0800. The molecule has 0 heterocycles. The van der Waals surface area contributed by atoms with E-state index in [9.17, 15) is 0 Å². The van der Waals surface area contributed by atoms with E-state index in [0.717, 1.165) is 11.8 Å². The zero-order valence-corrected chi connectivity index (χ0v) is 9.05. The Kier molecular flexibility index (Phi) is 6.39. The molecule has 0 saturated carbocycles. The summed E-state index contributed by atoms with van der Waals surface area (Å²) >= 11 is 0. The smallest absolute Gasteiger partial charge is 0.0572 e. The Morgan fingerprint density at radius 2 is 1.42 bits per heavy atom. The molecule has 0 atom stereocenters. The predicted octanol–water partition coefficient (Wildman–Crippen LogP) is 2.60. The molecule has 1 N–H and O–H groups in total. The van der Waals surface area contributed by atoms with Crippen molar-refractivity contribution in [3.63, 3.8) is 0 Å². The summed E-state index contributed by atoms with van der Waals surface area (Å²) < 4.78 is 0. The minimum Gasteiger partial charge on any atom is -0.305 e. The van der Waals surface area contributed by atoms with Crippen molar-refractivity contribution in [1.82, 2.24) is 5.48 Å². The standard InChI is InChI=1S/C10H23NO/c1-8(2)6-10(11-12-5)7-9(3)4/h8-11H,6-7H2,1-5H3. The highest BCUT2D eigenvalue weighted by atomic mass is 16.6. The minimum atomic E-state index is 0.509. The molecule has 74 valence electrons. The first-order valence-corrected chi connectivity index (χ1v) is 4.84. The molecule has 0 aromatic rings.